The lowest BCUT2D eigenvalue weighted by atomic mass is 10.1. The summed E-state index contributed by atoms with van der Waals surface area (Å²) in [6.07, 6.45) is 0. The second-order valence-corrected chi connectivity index (χ2v) is 8.84. The summed E-state index contributed by atoms with van der Waals surface area (Å²) >= 11 is 4.88. The first-order chi connectivity index (χ1) is 14.4. The zero-order valence-electron chi connectivity index (χ0n) is 16.1. The average molecular weight is 485 g/mol. The number of carbonyl (C=O) groups excluding carboxylic acids is 2. The number of nitrogens with one attached hydrogen (secondary N) is 1. The third-order valence-electron chi connectivity index (χ3n) is 4.87. The smallest absolute Gasteiger partial charge is 0.256 e. The number of aryl methyl sites for hydroxylation is 1. The van der Waals surface area contributed by atoms with Crippen LogP contribution in [0.25, 0.3) is 0 Å². The quantitative estimate of drug-likeness (QED) is 0.499. The largest absolute Gasteiger partial charge is 0.322 e. The zero-order valence-corrected chi connectivity index (χ0v) is 18.5. The Labute approximate surface area is 186 Å². The van der Waals surface area contributed by atoms with Gasteiger partial charge in [0, 0.05) is 15.8 Å². The number of carbonyl (C=O) groups is 2. The number of anilines is 2. The van der Waals surface area contributed by atoms with Crippen molar-refractivity contribution in [2.75, 3.05) is 16.0 Å². The molecule has 1 atom stereocenters. The van der Waals surface area contributed by atoms with Crippen molar-refractivity contribution in [1.29, 1.82) is 0 Å². The Morgan fingerprint density at radius 1 is 1.13 bits per heavy atom. The fourth-order valence-corrected chi connectivity index (χ4v) is 4.90. The molecule has 0 bridgehead atoms. The fraction of sp³-hybridized carbons (Fsp3) is 0.130. The van der Waals surface area contributed by atoms with Gasteiger partial charge in [0.15, 0.2) is 0 Å². The Balaban J connectivity index is 1.54. The molecule has 1 unspecified atom stereocenters. The van der Waals surface area contributed by atoms with E-state index in [-0.39, 0.29) is 23.0 Å². The van der Waals surface area contributed by atoms with Crippen molar-refractivity contribution >= 4 is 50.9 Å². The van der Waals surface area contributed by atoms with Crippen LogP contribution in [0.3, 0.4) is 0 Å². The topological polar surface area (TPSA) is 49.4 Å². The number of thioether (sulfide) groups is 1. The highest BCUT2D eigenvalue weighted by Gasteiger charge is 2.34. The number of hydrogen-bond acceptors (Lipinski definition) is 3. The third kappa shape index (κ3) is 4.13. The van der Waals surface area contributed by atoms with Crippen molar-refractivity contribution < 1.29 is 14.0 Å². The minimum Gasteiger partial charge on any atom is -0.322 e. The molecule has 152 valence electrons. The highest BCUT2D eigenvalue weighted by Crippen LogP contribution is 2.42. The minimum absolute atomic E-state index is 0.0560. The number of hydrogen-bond donors (Lipinski definition) is 1. The maximum absolute atomic E-state index is 14.0. The molecule has 0 spiro atoms. The van der Waals surface area contributed by atoms with Crippen molar-refractivity contribution in [3.63, 3.8) is 0 Å². The fourth-order valence-electron chi connectivity index (χ4n) is 3.26. The lowest BCUT2D eigenvalue weighted by Crippen LogP contribution is -2.28. The van der Waals surface area contributed by atoms with E-state index in [0.717, 1.165) is 10.0 Å². The van der Waals surface area contributed by atoms with Crippen molar-refractivity contribution in [2.45, 2.75) is 12.3 Å². The monoisotopic (exact) mass is 484 g/mol. The maximum Gasteiger partial charge on any atom is 0.256 e. The molecule has 0 aliphatic carbocycles. The highest BCUT2D eigenvalue weighted by molar-refractivity contribution is 9.10. The van der Waals surface area contributed by atoms with Gasteiger partial charge in [0.25, 0.3) is 5.91 Å². The number of rotatable bonds is 4. The van der Waals surface area contributed by atoms with Gasteiger partial charge in [0.2, 0.25) is 5.91 Å². The van der Waals surface area contributed by atoms with Crippen LogP contribution >= 0.6 is 27.7 Å². The second-order valence-electron chi connectivity index (χ2n) is 6.92. The van der Waals surface area contributed by atoms with Crippen molar-refractivity contribution in [1.82, 2.24) is 0 Å². The normalized spacial score (nSPS) is 16.0. The second kappa shape index (κ2) is 8.62. The zero-order chi connectivity index (χ0) is 21.3. The first-order valence-electron chi connectivity index (χ1n) is 9.29. The van der Waals surface area contributed by atoms with E-state index in [4.69, 9.17) is 0 Å². The third-order valence-corrected chi connectivity index (χ3v) is 6.78. The predicted octanol–water partition coefficient (Wildman–Crippen LogP) is 5.93. The number of amides is 2. The predicted molar refractivity (Wildman–Crippen MR) is 122 cm³/mol. The standard InChI is InChI=1S/C23H18BrFN2O2S/c1-14-6-11-17(12-20(14)25)27-21(28)13-30-23(27)15-7-9-16(10-8-15)26-22(29)18-4-2-3-5-19(18)24/h2-12,23H,13H2,1H3,(H,26,29). The molecule has 0 aromatic heterocycles. The summed E-state index contributed by atoms with van der Waals surface area (Å²) in [6, 6.07) is 19.4. The molecule has 7 heteroatoms. The SMILES string of the molecule is Cc1ccc(N2C(=O)CSC2c2ccc(NC(=O)c3ccccc3Br)cc2)cc1F. The Hall–Kier alpha value is -2.64. The summed E-state index contributed by atoms with van der Waals surface area (Å²) in [4.78, 5) is 26.6. The molecule has 3 aromatic rings. The van der Waals surface area contributed by atoms with Gasteiger partial charge in [0.1, 0.15) is 11.2 Å². The lowest BCUT2D eigenvalue weighted by Gasteiger charge is -2.25. The van der Waals surface area contributed by atoms with Gasteiger partial charge >= 0.3 is 0 Å². The van der Waals surface area contributed by atoms with E-state index in [2.05, 4.69) is 21.2 Å². The Kier molecular flexibility index (Phi) is 5.92. The van der Waals surface area contributed by atoms with Crippen LogP contribution in [-0.4, -0.2) is 17.6 Å². The van der Waals surface area contributed by atoms with Crippen molar-refractivity contribution in [3.05, 3.63) is 93.7 Å². The maximum atomic E-state index is 14.0. The van der Waals surface area contributed by atoms with Gasteiger partial charge < -0.3 is 5.32 Å². The Morgan fingerprint density at radius 3 is 2.57 bits per heavy atom. The van der Waals surface area contributed by atoms with Crippen LogP contribution in [0.5, 0.6) is 0 Å². The first-order valence-corrected chi connectivity index (χ1v) is 11.1. The summed E-state index contributed by atoms with van der Waals surface area (Å²) < 4.78 is 14.8. The van der Waals surface area contributed by atoms with Gasteiger partial charge in [-0.15, -0.1) is 11.8 Å². The molecular formula is C23H18BrFN2O2S. The Bertz CT molecular complexity index is 1120. The van der Waals surface area contributed by atoms with E-state index in [0.29, 0.717) is 28.3 Å². The summed E-state index contributed by atoms with van der Waals surface area (Å²) in [5, 5.41) is 2.63. The van der Waals surface area contributed by atoms with Crippen LogP contribution in [0.2, 0.25) is 0 Å². The van der Waals surface area contributed by atoms with Crippen LogP contribution < -0.4 is 10.2 Å². The summed E-state index contributed by atoms with van der Waals surface area (Å²) in [7, 11) is 0. The molecule has 2 amide bonds. The molecule has 3 aromatic carbocycles. The van der Waals surface area contributed by atoms with E-state index >= 15 is 0 Å². The van der Waals surface area contributed by atoms with E-state index in [1.807, 2.05) is 24.3 Å². The van der Waals surface area contributed by atoms with Crippen LogP contribution in [0.4, 0.5) is 15.8 Å². The molecule has 1 saturated heterocycles. The summed E-state index contributed by atoms with van der Waals surface area (Å²) in [5.74, 6) is -0.265. The molecular weight excluding hydrogens is 467 g/mol. The average Bonchev–Trinajstić information content (AvgIpc) is 3.12. The number of halogens is 2. The van der Waals surface area contributed by atoms with Crippen LogP contribution in [0.15, 0.2) is 71.2 Å². The molecule has 1 heterocycles. The number of nitrogens with zero attached hydrogens (tertiary/aromatic N) is 1. The van der Waals surface area contributed by atoms with E-state index in [1.54, 1.807) is 48.2 Å². The first kappa shape index (κ1) is 20.6. The number of benzene rings is 3. The van der Waals surface area contributed by atoms with Crippen molar-refractivity contribution in [2.24, 2.45) is 0 Å². The molecule has 4 rings (SSSR count). The van der Waals surface area contributed by atoms with E-state index in [9.17, 15) is 14.0 Å². The highest BCUT2D eigenvalue weighted by atomic mass is 79.9. The van der Waals surface area contributed by atoms with Gasteiger partial charge in [-0.3, -0.25) is 14.5 Å². The molecule has 4 nitrogen and oxygen atoms in total. The van der Waals surface area contributed by atoms with E-state index in [1.165, 1.54) is 17.8 Å². The molecule has 30 heavy (non-hydrogen) atoms. The summed E-state index contributed by atoms with van der Waals surface area (Å²) in [5.41, 5.74) is 3.20. The molecule has 1 N–H and O–H groups in total. The molecule has 0 radical (unpaired) electrons. The summed E-state index contributed by atoms with van der Waals surface area (Å²) in [6.45, 7) is 1.69. The van der Waals surface area contributed by atoms with E-state index < -0.39 is 0 Å². The van der Waals surface area contributed by atoms with Gasteiger partial charge in [-0.2, -0.15) is 0 Å². The van der Waals surface area contributed by atoms with Crippen LogP contribution in [0, 0.1) is 12.7 Å². The van der Waals surface area contributed by atoms with Gasteiger partial charge in [-0.25, -0.2) is 4.39 Å². The van der Waals surface area contributed by atoms with Gasteiger partial charge in [-0.05, 0) is 70.4 Å². The van der Waals surface area contributed by atoms with Gasteiger partial charge in [-0.1, -0.05) is 30.3 Å². The van der Waals surface area contributed by atoms with Gasteiger partial charge in [0.05, 0.1) is 11.3 Å². The minimum atomic E-state index is -0.332. The molecule has 1 fully saturated rings. The van der Waals surface area contributed by atoms with Crippen LogP contribution in [0.1, 0.15) is 26.9 Å². The van der Waals surface area contributed by atoms with Crippen molar-refractivity contribution in [3.8, 4) is 0 Å². The molecule has 1 aliphatic heterocycles. The Morgan fingerprint density at radius 2 is 1.87 bits per heavy atom. The molecule has 0 saturated carbocycles. The lowest BCUT2D eigenvalue weighted by molar-refractivity contribution is -0.115. The van der Waals surface area contributed by atoms with Crippen LogP contribution in [-0.2, 0) is 4.79 Å². The molecule has 1 aliphatic rings.